The van der Waals surface area contributed by atoms with Crippen molar-refractivity contribution in [2.45, 2.75) is 6.92 Å². The zero-order valence-corrected chi connectivity index (χ0v) is 16.1. The van der Waals surface area contributed by atoms with Gasteiger partial charge in [-0.2, -0.15) is 0 Å². The van der Waals surface area contributed by atoms with Gasteiger partial charge in [-0.1, -0.05) is 0 Å². The molecule has 3 rings (SSSR count). The lowest BCUT2D eigenvalue weighted by Crippen LogP contribution is -2.52. The van der Waals surface area contributed by atoms with E-state index in [2.05, 4.69) is 42.9 Å². The van der Waals surface area contributed by atoms with Crippen LogP contribution < -0.4 is 15.5 Å². The molecule has 1 amide bonds. The molecule has 8 heteroatoms. The first kappa shape index (κ1) is 19.2. The average Bonchev–Trinajstić information content (AvgIpc) is 3.22. The summed E-state index contributed by atoms with van der Waals surface area (Å²) in [5, 5.41) is 9.37. The van der Waals surface area contributed by atoms with Crippen LogP contribution in [0.5, 0.6) is 0 Å². The third kappa shape index (κ3) is 5.43. The van der Waals surface area contributed by atoms with Crippen LogP contribution in [0.2, 0.25) is 0 Å². The maximum absolute atomic E-state index is 12.9. The van der Waals surface area contributed by atoms with Gasteiger partial charge in [0, 0.05) is 38.4 Å². The van der Waals surface area contributed by atoms with Crippen molar-refractivity contribution >= 4 is 33.9 Å². The number of anilines is 2. The Kier molecular flexibility index (Phi) is 6.64. The summed E-state index contributed by atoms with van der Waals surface area (Å²) < 4.78 is 12.9. The van der Waals surface area contributed by atoms with Gasteiger partial charge in [-0.3, -0.25) is 4.79 Å². The Labute approximate surface area is 162 Å². The molecule has 0 bridgehead atoms. The molecule has 1 aliphatic heterocycles. The quantitative estimate of drug-likeness (QED) is 0.610. The molecular weight excluding hydrogens is 365 g/mol. The Morgan fingerprint density at radius 1 is 1.19 bits per heavy atom. The predicted octanol–water partition coefficient (Wildman–Crippen LogP) is 2.61. The summed E-state index contributed by atoms with van der Waals surface area (Å²) in [4.78, 5) is 21.1. The summed E-state index contributed by atoms with van der Waals surface area (Å²) in [5.41, 5.74) is 0.561. The van der Waals surface area contributed by atoms with Crippen molar-refractivity contribution < 1.29 is 9.18 Å². The standard InChI is InChI=1S/C19H24FN5OS/c1-2-21-19(22-14-17(26)23-16-7-5-15(20)6-8-16)25-11-9-24(10-12-25)18-4-3-13-27-18/h3-8,13H,2,9-12,14H2,1H3,(H,21,22)(H,23,26). The van der Waals surface area contributed by atoms with Gasteiger partial charge >= 0.3 is 0 Å². The number of nitrogens with zero attached hydrogens (tertiary/aromatic N) is 3. The maximum atomic E-state index is 12.9. The number of carbonyl (C=O) groups excluding carboxylic acids is 1. The minimum absolute atomic E-state index is 0.0187. The number of hydrogen-bond donors (Lipinski definition) is 2. The SMILES string of the molecule is CCNC(=NCC(=O)Nc1ccc(F)cc1)N1CCN(c2cccs2)CC1. The van der Waals surface area contributed by atoms with Crippen LogP contribution in [0.15, 0.2) is 46.8 Å². The van der Waals surface area contributed by atoms with Crippen molar-refractivity contribution in [3.05, 3.63) is 47.6 Å². The molecule has 0 aliphatic carbocycles. The first-order valence-corrected chi connectivity index (χ1v) is 9.91. The summed E-state index contributed by atoms with van der Waals surface area (Å²) in [6.07, 6.45) is 0. The third-order valence-corrected chi connectivity index (χ3v) is 5.16. The fraction of sp³-hybridized carbons (Fsp3) is 0.368. The Hall–Kier alpha value is -2.61. The molecule has 1 aromatic carbocycles. The smallest absolute Gasteiger partial charge is 0.246 e. The summed E-state index contributed by atoms with van der Waals surface area (Å²) in [5.74, 6) is 0.189. The highest BCUT2D eigenvalue weighted by Crippen LogP contribution is 2.22. The zero-order chi connectivity index (χ0) is 19.1. The van der Waals surface area contributed by atoms with E-state index < -0.39 is 0 Å². The van der Waals surface area contributed by atoms with Crippen molar-refractivity contribution in [1.82, 2.24) is 10.2 Å². The van der Waals surface area contributed by atoms with Crippen molar-refractivity contribution in [2.24, 2.45) is 4.99 Å². The van der Waals surface area contributed by atoms with Crippen LogP contribution in [0, 0.1) is 5.82 Å². The molecule has 0 atom stereocenters. The molecule has 0 saturated carbocycles. The van der Waals surface area contributed by atoms with Gasteiger partial charge in [0.2, 0.25) is 5.91 Å². The second-order valence-electron chi connectivity index (χ2n) is 6.15. The number of halogens is 1. The van der Waals surface area contributed by atoms with Crippen molar-refractivity contribution in [3.63, 3.8) is 0 Å². The van der Waals surface area contributed by atoms with Crippen LogP contribution >= 0.6 is 11.3 Å². The lowest BCUT2D eigenvalue weighted by atomic mass is 10.3. The van der Waals surface area contributed by atoms with Gasteiger partial charge in [0.25, 0.3) is 0 Å². The lowest BCUT2D eigenvalue weighted by molar-refractivity contribution is -0.114. The van der Waals surface area contributed by atoms with E-state index >= 15 is 0 Å². The van der Waals surface area contributed by atoms with Gasteiger partial charge in [-0.25, -0.2) is 9.38 Å². The molecule has 2 heterocycles. The van der Waals surface area contributed by atoms with Gasteiger partial charge in [0.15, 0.2) is 5.96 Å². The molecule has 27 heavy (non-hydrogen) atoms. The van der Waals surface area contributed by atoms with Crippen LogP contribution in [-0.4, -0.2) is 56.0 Å². The number of amides is 1. The highest BCUT2D eigenvalue weighted by Gasteiger charge is 2.20. The number of benzene rings is 1. The molecule has 2 aromatic rings. The van der Waals surface area contributed by atoms with Gasteiger partial charge < -0.3 is 20.4 Å². The van der Waals surface area contributed by atoms with Gasteiger partial charge in [-0.15, -0.1) is 11.3 Å². The molecule has 0 spiro atoms. The predicted molar refractivity (Wildman–Crippen MR) is 109 cm³/mol. The Bertz CT molecular complexity index is 755. The van der Waals surface area contributed by atoms with E-state index in [1.54, 1.807) is 11.3 Å². The molecule has 144 valence electrons. The molecule has 1 aliphatic rings. The van der Waals surface area contributed by atoms with Crippen LogP contribution in [-0.2, 0) is 4.79 Å². The number of aliphatic imine (C=N–C) groups is 1. The molecule has 1 saturated heterocycles. The first-order valence-electron chi connectivity index (χ1n) is 9.03. The van der Waals surface area contributed by atoms with Gasteiger partial charge in [0.1, 0.15) is 12.4 Å². The average molecular weight is 390 g/mol. The minimum Gasteiger partial charge on any atom is -0.360 e. The van der Waals surface area contributed by atoms with Crippen LogP contribution in [0.1, 0.15) is 6.92 Å². The Morgan fingerprint density at radius 3 is 2.56 bits per heavy atom. The number of carbonyl (C=O) groups is 1. The van der Waals surface area contributed by atoms with E-state index in [9.17, 15) is 9.18 Å². The second-order valence-corrected chi connectivity index (χ2v) is 7.08. The van der Waals surface area contributed by atoms with E-state index in [0.29, 0.717) is 5.69 Å². The van der Waals surface area contributed by atoms with Crippen molar-refractivity contribution in [1.29, 1.82) is 0 Å². The molecule has 2 N–H and O–H groups in total. The van der Waals surface area contributed by atoms with E-state index in [1.165, 1.54) is 29.3 Å². The number of rotatable bonds is 5. The van der Waals surface area contributed by atoms with E-state index in [0.717, 1.165) is 38.7 Å². The van der Waals surface area contributed by atoms with Crippen LogP contribution in [0.4, 0.5) is 15.1 Å². The molecule has 0 unspecified atom stereocenters. The summed E-state index contributed by atoms with van der Waals surface area (Å²) in [6.45, 7) is 6.32. The van der Waals surface area contributed by atoms with Crippen molar-refractivity contribution in [2.75, 3.05) is 49.5 Å². The highest BCUT2D eigenvalue weighted by molar-refractivity contribution is 7.14. The second kappa shape index (κ2) is 9.36. The van der Waals surface area contributed by atoms with Gasteiger partial charge in [0.05, 0.1) is 5.00 Å². The zero-order valence-electron chi connectivity index (χ0n) is 15.3. The minimum atomic E-state index is -0.331. The molecule has 6 nitrogen and oxygen atoms in total. The summed E-state index contributed by atoms with van der Waals surface area (Å²) in [7, 11) is 0. The van der Waals surface area contributed by atoms with E-state index in [1.807, 2.05) is 6.92 Å². The van der Waals surface area contributed by atoms with Crippen LogP contribution in [0.3, 0.4) is 0 Å². The van der Waals surface area contributed by atoms with E-state index in [-0.39, 0.29) is 18.3 Å². The highest BCUT2D eigenvalue weighted by atomic mass is 32.1. The number of hydrogen-bond acceptors (Lipinski definition) is 4. The summed E-state index contributed by atoms with van der Waals surface area (Å²) in [6, 6.07) is 9.90. The summed E-state index contributed by atoms with van der Waals surface area (Å²) >= 11 is 1.75. The molecular formula is C19H24FN5OS. The number of piperazine rings is 1. The first-order chi connectivity index (χ1) is 13.2. The third-order valence-electron chi connectivity index (χ3n) is 4.23. The number of guanidine groups is 1. The number of nitrogens with one attached hydrogen (secondary N) is 2. The normalized spacial score (nSPS) is 15.0. The lowest BCUT2D eigenvalue weighted by Gasteiger charge is -2.37. The topological polar surface area (TPSA) is 60.0 Å². The van der Waals surface area contributed by atoms with Crippen LogP contribution in [0.25, 0.3) is 0 Å². The monoisotopic (exact) mass is 389 g/mol. The largest absolute Gasteiger partial charge is 0.360 e. The Morgan fingerprint density at radius 2 is 1.93 bits per heavy atom. The molecule has 0 radical (unpaired) electrons. The van der Waals surface area contributed by atoms with E-state index in [4.69, 9.17) is 0 Å². The molecule has 1 fully saturated rings. The molecule has 1 aromatic heterocycles. The maximum Gasteiger partial charge on any atom is 0.246 e. The number of thiophene rings is 1. The fourth-order valence-electron chi connectivity index (χ4n) is 2.89. The Balaban J connectivity index is 1.54. The fourth-order valence-corrected chi connectivity index (χ4v) is 3.68. The van der Waals surface area contributed by atoms with Crippen molar-refractivity contribution in [3.8, 4) is 0 Å². The van der Waals surface area contributed by atoms with Gasteiger partial charge in [-0.05, 0) is 48.7 Å².